The maximum absolute atomic E-state index is 6.55. The van der Waals surface area contributed by atoms with Crippen LogP contribution in [0.15, 0.2) is 73.8 Å². The fraction of sp³-hybridized carbons (Fsp3) is 0.360. The van der Waals surface area contributed by atoms with Gasteiger partial charge < -0.3 is 22.8 Å². The number of benzene rings is 2. The van der Waals surface area contributed by atoms with Gasteiger partial charge in [-0.15, -0.1) is 13.2 Å². The van der Waals surface area contributed by atoms with E-state index in [9.17, 15) is 0 Å². The number of rotatable bonds is 15. The van der Waals surface area contributed by atoms with E-state index in [1.165, 1.54) is 0 Å². The summed E-state index contributed by atoms with van der Waals surface area (Å²) in [5.74, 6) is 1.54. The number of allylic oxidation sites excluding steroid dienone is 2. The Bertz CT molecular complexity index is 794. The van der Waals surface area contributed by atoms with Gasteiger partial charge in [0.1, 0.15) is 17.6 Å². The van der Waals surface area contributed by atoms with Gasteiger partial charge in [0.2, 0.25) is 0 Å². The van der Waals surface area contributed by atoms with Crippen LogP contribution in [0.2, 0.25) is 6.04 Å². The summed E-state index contributed by atoms with van der Waals surface area (Å²) in [5, 5.41) is 0. The summed E-state index contributed by atoms with van der Waals surface area (Å²) in [4.78, 5) is 0. The largest absolute Gasteiger partial charge is 0.632 e. The van der Waals surface area contributed by atoms with Crippen LogP contribution >= 0.6 is 0 Å². The maximum Gasteiger partial charge on any atom is 0.632 e. The van der Waals surface area contributed by atoms with E-state index in [1.807, 2.05) is 60.7 Å². The number of ether oxygens (including phenoxy) is 2. The average Bonchev–Trinajstić information content (AvgIpc) is 3.61. The molecule has 1 saturated heterocycles. The van der Waals surface area contributed by atoms with E-state index >= 15 is 0 Å². The first-order chi connectivity index (χ1) is 15.2. The molecule has 1 aliphatic rings. The summed E-state index contributed by atoms with van der Waals surface area (Å²) >= 11 is 0. The lowest BCUT2D eigenvalue weighted by molar-refractivity contribution is 0.112. The van der Waals surface area contributed by atoms with Crippen LogP contribution in [0.3, 0.4) is 0 Å². The van der Waals surface area contributed by atoms with Crippen molar-refractivity contribution in [3.05, 3.63) is 85.0 Å². The zero-order valence-electron chi connectivity index (χ0n) is 18.3. The van der Waals surface area contributed by atoms with Gasteiger partial charge in [-0.05, 0) is 42.5 Å². The van der Waals surface area contributed by atoms with E-state index in [2.05, 4.69) is 13.2 Å². The highest BCUT2D eigenvalue weighted by atomic mass is 28.4. The fourth-order valence-corrected chi connectivity index (χ4v) is 5.53. The first-order valence-electron chi connectivity index (χ1n) is 10.7. The molecule has 166 valence electrons. The van der Waals surface area contributed by atoms with Gasteiger partial charge in [0.25, 0.3) is 0 Å². The second-order valence-corrected chi connectivity index (χ2v) is 10.1. The molecule has 6 heteroatoms. The molecule has 1 atom stereocenters. The van der Waals surface area contributed by atoms with Crippen molar-refractivity contribution in [1.82, 2.24) is 0 Å². The van der Waals surface area contributed by atoms with Crippen LogP contribution in [0.1, 0.15) is 17.5 Å². The molecule has 0 amide bonds. The maximum atomic E-state index is 6.55. The molecule has 2 aromatic carbocycles. The molecule has 31 heavy (non-hydrogen) atoms. The van der Waals surface area contributed by atoms with Gasteiger partial charge in [0, 0.05) is 19.8 Å². The van der Waals surface area contributed by atoms with E-state index in [0.717, 1.165) is 35.7 Å². The summed E-state index contributed by atoms with van der Waals surface area (Å²) in [5.41, 5.74) is 2.10. The molecule has 2 aromatic rings. The van der Waals surface area contributed by atoms with Gasteiger partial charge in [-0.1, -0.05) is 48.6 Å². The molecule has 3 rings (SSSR count). The minimum absolute atomic E-state index is 0.258. The number of para-hydroxylation sites is 2. The van der Waals surface area contributed by atoms with Gasteiger partial charge in [0.05, 0.1) is 13.2 Å². The Morgan fingerprint density at radius 1 is 0.968 bits per heavy atom. The van der Waals surface area contributed by atoms with Gasteiger partial charge >= 0.3 is 8.80 Å². The molecule has 0 aromatic heterocycles. The predicted octanol–water partition coefficient (Wildman–Crippen LogP) is 4.99. The summed E-state index contributed by atoms with van der Waals surface area (Å²) in [7, 11) is -1.45. The lowest BCUT2D eigenvalue weighted by Crippen LogP contribution is -2.51. The molecular weight excluding hydrogens is 408 g/mol. The van der Waals surface area contributed by atoms with E-state index in [0.29, 0.717) is 32.1 Å². The van der Waals surface area contributed by atoms with Crippen molar-refractivity contribution in [2.45, 2.75) is 31.4 Å². The Kier molecular flexibility index (Phi) is 8.91. The van der Waals surface area contributed by atoms with Crippen molar-refractivity contribution in [2.75, 3.05) is 26.9 Å². The summed E-state index contributed by atoms with van der Waals surface area (Å²) in [6.07, 6.45) is 6.18. The van der Waals surface area contributed by atoms with Gasteiger partial charge in [0.15, 0.2) is 0 Å². The number of hydrogen-bond donors (Lipinski definition) is 0. The van der Waals surface area contributed by atoms with Crippen molar-refractivity contribution < 1.29 is 22.8 Å². The molecule has 1 aliphatic heterocycles. The highest BCUT2D eigenvalue weighted by Crippen LogP contribution is 2.30. The minimum atomic E-state index is -3.11. The summed E-state index contributed by atoms with van der Waals surface area (Å²) in [6, 6.07) is 16.5. The average molecular weight is 441 g/mol. The topological polar surface area (TPSA) is 49.5 Å². The molecule has 0 N–H and O–H groups in total. The monoisotopic (exact) mass is 440 g/mol. The number of hydrogen-bond acceptors (Lipinski definition) is 5. The van der Waals surface area contributed by atoms with E-state index in [1.54, 1.807) is 7.11 Å². The number of epoxide rings is 1. The molecule has 0 radical (unpaired) electrons. The zero-order chi connectivity index (χ0) is 21.9. The van der Waals surface area contributed by atoms with Crippen molar-refractivity contribution in [3.63, 3.8) is 0 Å². The Morgan fingerprint density at radius 3 is 2.00 bits per heavy atom. The highest BCUT2D eigenvalue weighted by Gasteiger charge is 2.45. The second kappa shape index (κ2) is 11.9. The van der Waals surface area contributed by atoms with Crippen molar-refractivity contribution in [2.24, 2.45) is 0 Å². The lowest BCUT2D eigenvalue weighted by atomic mass is 10.1. The van der Waals surface area contributed by atoms with Gasteiger partial charge in [-0.25, -0.2) is 0 Å². The quantitative estimate of drug-likeness (QED) is 0.169. The van der Waals surface area contributed by atoms with Crippen LogP contribution in [-0.4, -0.2) is 41.8 Å². The third-order valence-electron chi connectivity index (χ3n) is 4.99. The Hall–Kier alpha value is -2.38. The molecular formula is C25H32O5Si. The molecule has 1 unspecified atom stereocenters. The molecule has 1 heterocycles. The molecule has 5 nitrogen and oxygen atoms in total. The molecule has 0 spiro atoms. The summed E-state index contributed by atoms with van der Waals surface area (Å²) in [6.45, 7) is 9.75. The van der Waals surface area contributed by atoms with E-state index < -0.39 is 8.80 Å². The fourth-order valence-electron chi connectivity index (χ4n) is 3.27. The molecule has 0 aliphatic carbocycles. The first kappa shape index (κ1) is 23.3. The third kappa shape index (κ3) is 7.07. The second-order valence-electron chi connectivity index (χ2n) is 7.43. The highest BCUT2D eigenvalue weighted by molar-refractivity contribution is 6.62. The normalized spacial score (nSPS) is 15.3. The Morgan fingerprint density at radius 2 is 1.52 bits per heavy atom. The van der Waals surface area contributed by atoms with Gasteiger partial charge in [-0.3, -0.25) is 0 Å². The lowest BCUT2D eigenvalue weighted by Gasteiger charge is -2.30. The predicted molar refractivity (Wildman–Crippen MR) is 125 cm³/mol. The van der Waals surface area contributed by atoms with Gasteiger partial charge in [-0.2, -0.15) is 0 Å². The third-order valence-corrected chi connectivity index (χ3v) is 7.64. The van der Waals surface area contributed by atoms with Crippen LogP contribution < -0.4 is 8.85 Å². The van der Waals surface area contributed by atoms with Crippen LogP contribution in [0.4, 0.5) is 0 Å². The van der Waals surface area contributed by atoms with E-state index in [4.69, 9.17) is 22.8 Å². The van der Waals surface area contributed by atoms with E-state index in [-0.39, 0.29) is 6.10 Å². The molecule has 0 saturated carbocycles. The molecule has 0 bridgehead atoms. The standard InChI is InChI=1S/C25H32O5Si/c1-4-11-21-13-6-8-15-24(21)29-31(26-3,18-10-17-27-19-23-20-28-23)30-25-16-9-7-14-22(25)12-5-2/h4-9,13-16,23H,1-2,10-12,17-20H2,3H3. The smallest absolute Gasteiger partial charge is 0.492 e. The Balaban J connectivity index is 1.80. The van der Waals surface area contributed by atoms with Crippen molar-refractivity contribution in [1.29, 1.82) is 0 Å². The SMILES string of the molecule is C=CCc1ccccc1O[Si](CCCOCC1CO1)(OC)Oc1ccccc1CC=C. The summed E-state index contributed by atoms with van der Waals surface area (Å²) < 4.78 is 30.0. The first-order valence-corrected chi connectivity index (χ1v) is 12.6. The van der Waals surface area contributed by atoms with Crippen molar-refractivity contribution in [3.8, 4) is 11.5 Å². The van der Waals surface area contributed by atoms with Crippen LogP contribution in [0.25, 0.3) is 0 Å². The van der Waals surface area contributed by atoms with Crippen LogP contribution in [0.5, 0.6) is 11.5 Å². The van der Waals surface area contributed by atoms with Crippen LogP contribution in [-0.2, 0) is 26.7 Å². The van der Waals surface area contributed by atoms with Crippen molar-refractivity contribution >= 4 is 8.80 Å². The Labute approximate surface area is 186 Å². The zero-order valence-corrected chi connectivity index (χ0v) is 19.3. The van der Waals surface area contributed by atoms with Crippen LogP contribution in [0, 0.1) is 0 Å². The minimum Gasteiger partial charge on any atom is -0.492 e. The molecule has 1 fully saturated rings.